The Morgan fingerprint density at radius 3 is 2.56 bits per heavy atom. The highest BCUT2D eigenvalue weighted by Gasteiger charge is 2.24. The van der Waals surface area contributed by atoms with E-state index in [1.54, 1.807) is 12.1 Å². The van der Waals surface area contributed by atoms with E-state index in [0.717, 1.165) is 22.1 Å². The Kier molecular flexibility index (Phi) is 4.24. The number of thiophene rings is 1. The van der Waals surface area contributed by atoms with Gasteiger partial charge < -0.3 is 10.0 Å². The van der Waals surface area contributed by atoms with Gasteiger partial charge in [-0.1, -0.05) is 48.0 Å². The first-order valence-electron chi connectivity index (χ1n) is 8.08. The lowest BCUT2D eigenvalue weighted by atomic mass is 9.99. The van der Waals surface area contributed by atoms with Crippen LogP contribution in [0.15, 0.2) is 54.6 Å². The Hall–Kier alpha value is -2.30. The van der Waals surface area contributed by atoms with Crippen molar-refractivity contribution in [2.45, 2.75) is 6.42 Å². The highest BCUT2D eigenvalue weighted by atomic mass is 35.5. The van der Waals surface area contributed by atoms with Gasteiger partial charge in [-0.05, 0) is 35.8 Å². The predicted molar refractivity (Wildman–Crippen MR) is 103 cm³/mol. The smallest absolute Gasteiger partial charge is 0.265 e. The molecule has 1 aliphatic rings. The summed E-state index contributed by atoms with van der Waals surface area (Å²) < 4.78 is 1.04. The van der Waals surface area contributed by atoms with E-state index in [0.29, 0.717) is 23.0 Å². The normalized spacial score (nSPS) is 14.6. The summed E-state index contributed by atoms with van der Waals surface area (Å²) in [5, 5.41) is 10.9. The van der Waals surface area contributed by atoms with Gasteiger partial charge in [-0.25, -0.2) is 0 Å². The molecule has 126 valence electrons. The molecule has 4 rings (SSSR count). The third-order valence-electron chi connectivity index (χ3n) is 4.46. The minimum absolute atomic E-state index is 0.00722. The van der Waals surface area contributed by atoms with Gasteiger partial charge >= 0.3 is 0 Å². The molecule has 0 saturated carbocycles. The van der Waals surface area contributed by atoms with E-state index in [4.69, 9.17) is 11.6 Å². The zero-order chi connectivity index (χ0) is 17.4. The average molecular weight is 370 g/mol. The monoisotopic (exact) mass is 369 g/mol. The van der Waals surface area contributed by atoms with Crippen LogP contribution in [-0.4, -0.2) is 29.0 Å². The van der Waals surface area contributed by atoms with Crippen LogP contribution in [0, 0.1) is 0 Å². The number of aromatic hydroxyl groups is 1. The summed E-state index contributed by atoms with van der Waals surface area (Å²) in [6.07, 6.45) is 2.87. The Balaban J connectivity index is 1.56. The molecular weight excluding hydrogens is 354 g/mol. The highest BCUT2D eigenvalue weighted by Crippen LogP contribution is 2.36. The van der Waals surface area contributed by atoms with E-state index in [1.807, 2.05) is 41.3 Å². The molecule has 0 unspecified atom stereocenters. The predicted octanol–water partition coefficient (Wildman–Crippen LogP) is 5.19. The molecule has 1 aliphatic heterocycles. The lowest BCUT2D eigenvalue weighted by molar-refractivity contribution is 0.0778. The van der Waals surface area contributed by atoms with Crippen LogP contribution in [0.4, 0.5) is 0 Å². The van der Waals surface area contributed by atoms with Gasteiger partial charge in [0.15, 0.2) is 0 Å². The van der Waals surface area contributed by atoms with Crippen molar-refractivity contribution >= 4 is 44.5 Å². The second-order valence-electron chi connectivity index (χ2n) is 6.02. The lowest BCUT2D eigenvalue weighted by Crippen LogP contribution is -2.34. The van der Waals surface area contributed by atoms with Crippen LogP contribution < -0.4 is 0 Å². The quantitative estimate of drug-likeness (QED) is 0.675. The maximum atomic E-state index is 12.9. The zero-order valence-corrected chi connectivity index (χ0v) is 15.0. The third-order valence-corrected chi connectivity index (χ3v) is 6.13. The first-order chi connectivity index (χ1) is 12.1. The van der Waals surface area contributed by atoms with Crippen LogP contribution >= 0.6 is 22.9 Å². The summed E-state index contributed by atoms with van der Waals surface area (Å²) in [5.74, 6) is 0.253. The van der Waals surface area contributed by atoms with Crippen molar-refractivity contribution in [3.8, 4) is 5.75 Å². The van der Waals surface area contributed by atoms with Gasteiger partial charge in [-0.15, -0.1) is 11.3 Å². The molecule has 0 aliphatic carbocycles. The molecule has 1 N–H and O–H groups in total. The molecule has 3 aromatic rings. The maximum Gasteiger partial charge on any atom is 0.265 e. The Bertz CT molecular complexity index is 975. The summed E-state index contributed by atoms with van der Waals surface area (Å²) >= 11 is 7.89. The van der Waals surface area contributed by atoms with Gasteiger partial charge in [-0.2, -0.15) is 0 Å². The second-order valence-corrected chi connectivity index (χ2v) is 7.45. The van der Waals surface area contributed by atoms with Gasteiger partial charge in [0.1, 0.15) is 10.6 Å². The Morgan fingerprint density at radius 1 is 1.12 bits per heavy atom. The van der Waals surface area contributed by atoms with Gasteiger partial charge in [0, 0.05) is 23.2 Å². The molecule has 0 spiro atoms. The second kappa shape index (κ2) is 6.54. The summed E-state index contributed by atoms with van der Waals surface area (Å²) in [6.45, 7) is 1.23. The fourth-order valence-corrected chi connectivity index (χ4v) is 4.57. The van der Waals surface area contributed by atoms with Crippen LogP contribution in [-0.2, 0) is 0 Å². The first-order valence-corrected chi connectivity index (χ1v) is 9.27. The van der Waals surface area contributed by atoms with Crippen molar-refractivity contribution in [2.75, 3.05) is 13.1 Å². The van der Waals surface area contributed by atoms with E-state index in [9.17, 15) is 9.90 Å². The third kappa shape index (κ3) is 3.03. The van der Waals surface area contributed by atoms with Crippen molar-refractivity contribution < 1.29 is 9.90 Å². The number of carbonyl (C=O) groups excluding carboxylic acids is 1. The summed E-state index contributed by atoms with van der Waals surface area (Å²) in [5.41, 5.74) is 2.29. The maximum absolute atomic E-state index is 12.9. The number of nitrogens with zero attached hydrogens (tertiary/aromatic N) is 1. The molecule has 2 heterocycles. The number of phenolic OH excluding ortho intramolecular Hbond substituents is 1. The molecular formula is C20H16ClNO2S. The summed E-state index contributed by atoms with van der Waals surface area (Å²) in [6, 6.07) is 15.0. The minimum atomic E-state index is -0.00722. The molecule has 0 saturated heterocycles. The van der Waals surface area contributed by atoms with E-state index in [2.05, 4.69) is 6.08 Å². The van der Waals surface area contributed by atoms with Crippen LogP contribution in [0.3, 0.4) is 0 Å². The van der Waals surface area contributed by atoms with E-state index < -0.39 is 0 Å². The van der Waals surface area contributed by atoms with E-state index >= 15 is 0 Å². The van der Waals surface area contributed by atoms with Gasteiger partial charge in [0.2, 0.25) is 0 Å². The van der Waals surface area contributed by atoms with Crippen LogP contribution in [0.25, 0.3) is 15.7 Å². The summed E-state index contributed by atoms with van der Waals surface area (Å²) in [7, 11) is 0. The number of halogens is 1. The molecule has 3 nitrogen and oxygen atoms in total. The molecule has 25 heavy (non-hydrogen) atoms. The molecule has 1 aromatic heterocycles. The molecule has 5 heteroatoms. The number of amides is 1. The van der Waals surface area contributed by atoms with Gasteiger partial charge in [0.25, 0.3) is 5.91 Å². The lowest BCUT2D eigenvalue weighted by Gasteiger charge is -2.26. The topological polar surface area (TPSA) is 40.5 Å². The molecule has 0 fully saturated rings. The number of fused-ring (bicyclic) bond motifs is 1. The summed E-state index contributed by atoms with van der Waals surface area (Å²) in [4.78, 5) is 15.3. The average Bonchev–Trinajstić information content (AvgIpc) is 2.99. The van der Waals surface area contributed by atoms with Crippen LogP contribution in [0.5, 0.6) is 5.75 Å². The number of rotatable bonds is 2. The van der Waals surface area contributed by atoms with E-state index in [1.165, 1.54) is 16.9 Å². The zero-order valence-electron chi connectivity index (χ0n) is 13.4. The number of benzene rings is 2. The van der Waals surface area contributed by atoms with Crippen LogP contribution in [0.2, 0.25) is 5.02 Å². The largest absolute Gasteiger partial charge is 0.508 e. The number of hydrogen-bond donors (Lipinski definition) is 1. The van der Waals surface area contributed by atoms with Gasteiger partial charge in [-0.3, -0.25) is 4.79 Å². The first kappa shape index (κ1) is 16.2. The number of phenols is 1. The van der Waals surface area contributed by atoms with Crippen molar-refractivity contribution in [1.82, 2.24) is 4.90 Å². The fourth-order valence-electron chi connectivity index (χ4n) is 3.09. The molecule has 0 bridgehead atoms. The standard InChI is InChI=1S/C20H16ClNO2S/c21-18-16-3-1-2-4-17(16)25-19(18)20(24)22-11-9-14(10-12-22)13-5-7-15(23)8-6-13/h1-9,23H,10-12H2. The number of carbonyl (C=O) groups is 1. The SMILES string of the molecule is O=C(c1sc2ccccc2c1Cl)N1CC=C(c2ccc(O)cc2)CC1. The van der Waals surface area contributed by atoms with Crippen molar-refractivity contribution in [1.29, 1.82) is 0 Å². The molecule has 2 aromatic carbocycles. The van der Waals surface area contributed by atoms with Crippen molar-refractivity contribution in [3.05, 3.63) is 70.1 Å². The van der Waals surface area contributed by atoms with Gasteiger partial charge in [0.05, 0.1) is 5.02 Å². The molecule has 0 atom stereocenters. The van der Waals surface area contributed by atoms with E-state index in [-0.39, 0.29) is 11.7 Å². The molecule has 1 amide bonds. The van der Waals surface area contributed by atoms with Crippen molar-refractivity contribution in [3.63, 3.8) is 0 Å². The Morgan fingerprint density at radius 2 is 1.88 bits per heavy atom. The fraction of sp³-hybridized carbons (Fsp3) is 0.150. The highest BCUT2D eigenvalue weighted by molar-refractivity contribution is 7.21. The minimum Gasteiger partial charge on any atom is -0.508 e. The number of hydrogen-bond acceptors (Lipinski definition) is 3. The van der Waals surface area contributed by atoms with Crippen LogP contribution in [0.1, 0.15) is 21.7 Å². The van der Waals surface area contributed by atoms with Crippen molar-refractivity contribution in [2.24, 2.45) is 0 Å². The molecule has 0 radical (unpaired) electrons. The Labute approximate surface area is 154 Å².